The minimum Gasteiger partial charge on any atom is -0.444 e. The van der Waals surface area contributed by atoms with Gasteiger partial charge in [-0.05, 0) is 37.8 Å². The number of carbonyl (C=O) groups excluding carboxylic acids is 2. The fourth-order valence-electron chi connectivity index (χ4n) is 1.04. The van der Waals surface area contributed by atoms with Crippen molar-refractivity contribution < 1.29 is 14.3 Å². The molecule has 0 bridgehead atoms. The van der Waals surface area contributed by atoms with Gasteiger partial charge in [-0.2, -0.15) is 0 Å². The summed E-state index contributed by atoms with van der Waals surface area (Å²) < 4.78 is 5.08. The van der Waals surface area contributed by atoms with Crippen molar-refractivity contribution in [3.05, 3.63) is 21.9 Å². The Kier molecular flexibility index (Phi) is 4.06. The quantitative estimate of drug-likeness (QED) is 0.827. The van der Waals surface area contributed by atoms with Gasteiger partial charge in [0.25, 0.3) is 0 Å². The topological polar surface area (TPSA) is 55.4 Å². The third-order valence-electron chi connectivity index (χ3n) is 1.63. The zero-order valence-corrected chi connectivity index (χ0v) is 10.4. The Labute approximate surface area is 98.6 Å². The average molecular weight is 241 g/mol. The maximum absolute atomic E-state index is 11.3. The molecule has 4 nitrogen and oxygen atoms in total. The largest absolute Gasteiger partial charge is 0.444 e. The summed E-state index contributed by atoms with van der Waals surface area (Å²) >= 11 is 1.35. The second-order valence-corrected chi connectivity index (χ2v) is 5.27. The fraction of sp³-hybridized carbons (Fsp3) is 0.455. The first-order valence-corrected chi connectivity index (χ1v) is 5.78. The Balaban J connectivity index is 2.40. The molecule has 0 spiro atoms. The molecular weight excluding hydrogens is 226 g/mol. The number of carbonyl (C=O) groups is 2. The van der Waals surface area contributed by atoms with E-state index in [4.69, 9.17) is 4.74 Å². The lowest BCUT2D eigenvalue weighted by molar-refractivity contribution is 0.0523. The van der Waals surface area contributed by atoms with Gasteiger partial charge in [0.15, 0.2) is 6.29 Å². The number of alkyl carbamates (subject to hydrolysis) is 1. The van der Waals surface area contributed by atoms with Crippen molar-refractivity contribution in [2.45, 2.75) is 32.9 Å². The van der Waals surface area contributed by atoms with Gasteiger partial charge in [-0.3, -0.25) is 4.79 Å². The molecule has 0 aromatic carbocycles. The van der Waals surface area contributed by atoms with E-state index in [0.717, 1.165) is 11.8 Å². The Morgan fingerprint density at radius 2 is 2.25 bits per heavy atom. The number of thiophene rings is 1. The van der Waals surface area contributed by atoms with Crippen LogP contribution in [0, 0.1) is 0 Å². The van der Waals surface area contributed by atoms with Gasteiger partial charge in [-0.1, -0.05) is 0 Å². The molecule has 0 aliphatic rings. The SMILES string of the molecule is CC(C)(C)OC(=O)NCc1csc(C=O)c1. The van der Waals surface area contributed by atoms with Crippen molar-refractivity contribution in [3.63, 3.8) is 0 Å². The molecule has 1 aromatic rings. The zero-order chi connectivity index (χ0) is 12.2. The average Bonchev–Trinajstić information content (AvgIpc) is 2.59. The standard InChI is InChI=1S/C11H15NO3S/c1-11(2,3)15-10(14)12-5-8-4-9(6-13)16-7-8/h4,6-7H,5H2,1-3H3,(H,12,14). The lowest BCUT2D eigenvalue weighted by atomic mass is 10.2. The number of aldehydes is 1. The highest BCUT2D eigenvalue weighted by molar-refractivity contribution is 7.11. The molecule has 1 heterocycles. The number of nitrogens with one attached hydrogen (secondary N) is 1. The summed E-state index contributed by atoms with van der Waals surface area (Å²) in [5.41, 5.74) is 0.408. The highest BCUT2D eigenvalue weighted by atomic mass is 32.1. The zero-order valence-electron chi connectivity index (χ0n) is 9.57. The van der Waals surface area contributed by atoms with Crippen molar-refractivity contribution in [2.75, 3.05) is 0 Å². The highest BCUT2D eigenvalue weighted by Crippen LogP contribution is 2.12. The third kappa shape index (κ3) is 4.44. The maximum atomic E-state index is 11.3. The summed E-state index contributed by atoms with van der Waals surface area (Å²) in [6.07, 6.45) is 0.341. The summed E-state index contributed by atoms with van der Waals surface area (Å²) in [5, 5.41) is 4.46. The van der Waals surface area contributed by atoms with E-state index in [2.05, 4.69) is 5.32 Å². The van der Waals surface area contributed by atoms with Crippen molar-refractivity contribution >= 4 is 23.7 Å². The first-order valence-electron chi connectivity index (χ1n) is 4.90. The predicted molar refractivity (Wildman–Crippen MR) is 62.8 cm³/mol. The van der Waals surface area contributed by atoms with Crippen LogP contribution in [0.4, 0.5) is 4.79 Å². The van der Waals surface area contributed by atoms with Gasteiger partial charge in [0.1, 0.15) is 5.60 Å². The van der Waals surface area contributed by atoms with Gasteiger partial charge < -0.3 is 10.1 Å². The lowest BCUT2D eigenvalue weighted by Gasteiger charge is -2.19. The molecule has 1 rings (SSSR count). The molecule has 0 radical (unpaired) electrons. The summed E-state index contributed by atoms with van der Waals surface area (Å²) in [6.45, 7) is 5.80. The lowest BCUT2D eigenvalue weighted by Crippen LogP contribution is -2.32. The van der Waals surface area contributed by atoms with Crippen molar-refractivity contribution in [3.8, 4) is 0 Å². The van der Waals surface area contributed by atoms with Gasteiger partial charge in [-0.25, -0.2) is 4.79 Å². The molecule has 0 saturated heterocycles. The minimum atomic E-state index is -0.493. The molecule has 0 atom stereocenters. The van der Waals surface area contributed by atoms with Gasteiger partial charge in [0.2, 0.25) is 0 Å². The number of rotatable bonds is 3. The first kappa shape index (κ1) is 12.7. The number of amides is 1. The number of hydrogen-bond donors (Lipinski definition) is 1. The summed E-state index contributed by atoms with van der Waals surface area (Å²) in [4.78, 5) is 22.4. The van der Waals surface area contributed by atoms with E-state index >= 15 is 0 Å². The Morgan fingerprint density at radius 3 is 2.75 bits per heavy atom. The van der Waals surface area contributed by atoms with Crippen LogP contribution in [0.15, 0.2) is 11.4 Å². The smallest absolute Gasteiger partial charge is 0.407 e. The van der Waals surface area contributed by atoms with Crippen LogP contribution in [0.2, 0.25) is 0 Å². The van der Waals surface area contributed by atoms with Gasteiger partial charge >= 0.3 is 6.09 Å². The number of ether oxygens (including phenoxy) is 1. The molecule has 88 valence electrons. The molecular formula is C11H15NO3S. The van der Waals surface area contributed by atoms with Crippen LogP contribution in [0.5, 0.6) is 0 Å². The summed E-state index contributed by atoms with van der Waals surface area (Å²) in [6, 6.07) is 1.75. The molecule has 0 unspecified atom stereocenters. The van der Waals surface area contributed by atoms with Gasteiger partial charge in [0, 0.05) is 6.54 Å². The summed E-state index contributed by atoms with van der Waals surface area (Å²) in [7, 11) is 0. The maximum Gasteiger partial charge on any atom is 0.407 e. The number of hydrogen-bond acceptors (Lipinski definition) is 4. The Bertz CT molecular complexity index is 379. The molecule has 5 heteroatoms. The van der Waals surface area contributed by atoms with Crippen molar-refractivity contribution in [1.82, 2.24) is 5.32 Å². The van der Waals surface area contributed by atoms with Crippen LogP contribution in [0.25, 0.3) is 0 Å². The molecule has 0 saturated carbocycles. The van der Waals surface area contributed by atoms with Gasteiger partial charge in [-0.15, -0.1) is 11.3 Å². The minimum absolute atomic E-state index is 0.374. The molecule has 1 N–H and O–H groups in total. The van der Waals surface area contributed by atoms with Crippen molar-refractivity contribution in [1.29, 1.82) is 0 Å². The monoisotopic (exact) mass is 241 g/mol. The normalized spacial score (nSPS) is 10.9. The highest BCUT2D eigenvalue weighted by Gasteiger charge is 2.15. The molecule has 0 aliphatic heterocycles. The van der Waals surface area contributed by atoms with Crippen LogP contribution in [-0.2, 0) is 11.3 Å². The Hall–Kier alpha value is -1.36. The van der Waals surface area contributed by atoms with Crippen LogP contribution in [0.3, 0.4) is 0 Å². The van der Waals surface area contributed by atoms with E-state index in [1.165, 1.54) is 11.3 Å². The van der Waals surface area contributed by atoms with E-state index < -0.39 is 11.7 Å². The fourth-order valence-corrected chi connectivity index (χ4v) is 1.75. The molecule has 0 fully saturated rings. The molecule has 1 amide bonds. The van der Waals surface area contributed by atoms with Crippen LogP contribution in [0.1, 0.15) is 36.0 Å². The molecule has 0 aliphatic carbocycles. The van der Waals surface area contributed by atoms with E-state index in [9.17, 15) is 9.59 Å². The third-order valence-corrected chi connectivity index (χ3v) is 2.53. The summed E-state index contributed by atoms with van der Waals surface area (Å²) in [5.74, 6) is 0. The molecule has 16 heavy (non-hydrogen) atoms. The van der Waals surface area contributed by atoms with Gasteiger partial charge in [0.05, 0.1) is 4.88 Å². The van der Waals surface area contributed by atoms with Crippen LogP contribution < -0.4 is 5.32 Å². The van der Waals surface area contributed by atoms with E-state index in [0.29, 0.717) is 11.4 Å². The second kappa shape index (κ2) is 5.12. The first-order chi connectivity index (χ1) is 7.40. The van der Waals surface area contributed by atoms with Crippen LogP contribution in [-0.4, -0.2) is 18.0 Å². The molecule has 1 aromatic heterocycles. The van der Waals surface area contributed by atoms with Crippen molar-refractivity contribution in [2.24, 2.45) is 0 Å². The second-order valence-electron chi connectivity index (χ2n) is 4.33. The van der Waals surface area contributed by atoms with E-state index in [1.54, 1.807) is 6.07 Å². The van der Waals surface area contributed by atoms with Crippen LogP contribution >= 0.6 is 11.3 Å². The van der Waals surface area contributed by atoms with E-state index in [-0.39, 0.29) is 0 Å². The Morgan fingerprint density at radius 1 is 1.56 bits per heavy atom. The van der Waals surface area contributed by atoms with E-state index in [1.807, 2.05) is 26.2 Å². The predicted octanol–water partition coefficient (Wildman–Crippen LogP) is 2.59.